The number of aromatic nitrogens is 1. The molecule has 0 fully saturated rings. The summed E-state index contributed by atoms with van der Waals surface area (Å²) in [4.78, 5) is 15.2. The molecule has 27 heavy (non-hydrogen) atoms. The van der Waals surface area contributed by atoms with Gasteiger partial charge in [0.1, 0.15) is 17.2 Å². The molecule has 1 aromatic heterocycles. The van der Waals surface area contributed by atoms with E-state index >= 15 is 0 Å². The van der Waals surface area contributed by atoms with E-state index in [2.05, 4.69) is 4.98 Å². The fourth-order valence-corrected chi connectivity index (χ4v) is 2.63. The average Bonchev–Trinajstić information content (AvgIpc) is 2.67. The number of hydrogen-bond acceptors (Lipinski definition) is 5. The highest BCUT2D eigenvalue weighted by Crippen LogP contribution is 2.30. The number of hydrogen-bond donors (Lipinski definition) is 1. The molecule has 0 amide bonds. The van der Waals surface area contributed by atoms with Crippen LogP contribution in [0.15, 0.2) is 60.8 Å². The molecule has 0 aliphatic carbocycles. The lowest BCUT2D eigenvalue weighted by Crippen LogP contribution is -2.00. The Kier molecular flexibility index (Phi) is 5.56. The van der Waals surface area contributed by atoms with Crippen molar-refractivity contribution in [1.82, 2.24) is 4.98 Å². The molecule has 138 valence electrons. The third-order valence-corrected chi connectivity index (χ3v) is 3.88. The van der Waals surface area contributed by atoms with Gasteiger partial charge in [0.2, 0.25) is 5.88 Å². The third-order valence-electron chi connectivity index (χ3n) is 3.88. The number of carbonyl (C=O) groups is 1. The average molecular weight is 365 g/mol. The van der Waals surface area contributed by atoms with E-state index in [0.717, 1.165) is 11.1 Å². The second kappa shape index (κ2) is 8.23. The second-order valence-electron chi connectivity index (χ2n) is 5.81. The number of carboxylic acid groups (broad SMARTS) is 1. The minimum atomic E-state index is -0.914. The number of nitrogens with zero attached hydrogens (tertiary/aromatic N) is 1. The van der Waals surface area contributed by atoms with Crippen LogP contribution < -0.4 is 14.2 Å². The summed E-state index contributed by atoms with van der Waals surface area (Å²) in [5.41, 5.74) is 2.47. The molecular formula is C21H19NO5. The molecule has 0 radical (unpaired) electrons. The normalized spacial score (nSPS) is 10.3. The van der Waals surface area contributed by atoms with Crippen LogP contribution in [0.25, 0.3) is 11.1 Å². The van der Waals surface area contributed by atoms with Gasteiger partial charge in [0.15, 0.2) is 0 Å². The predicted octanol–water partition coefficient (Wildman–Crippen LogP) is 4.19. The van der Waals surface area contributed by atoms with Crippen molar-refractivity contribution < 1.29 is 24.1 Å². The van der Waals surface area contributed by atoms with Crippen LogP contribution >= 0.6 is 0 Å². The molecule has 0 spiro atoms. The quantitative estimate of drug-likeness (QED) is 0.677. The van der Waals surface area contributed by atoms with Gasteiger partial charge < -0.3 is 19.3 Å². The largest absolute Gasteiger partial charge is 0.497 e. The van der Waals surface area contributed by atoms with Gasteiger partial charge in [-0.05, 0) is 41.5 Å². The van der Waals surface area contributed by atoms with Crippen molar-refractivity contribution in [2.45, 2.75) is 6.42 Å². The number of rotatable bonds is 7. The fraction of sp³-hybridized carbons (Fsp3) is 0.143. The van der Waals surface area contributed by atoms with E-state index in [1.165, 1.54) is 7.11 Å². The Morgan fingerprint density at radius 2 is 1.74 bits per heavy atom. The van der Waals surface area contributed by atoms with E-state index in [0.29, 0.717) is 28.7 Å². The summed E-state index contributed by atoms with van der Waals surface area (Å²) in [5.74, 6) is 1.31. The molecule has 6 heteroatoms. The molecular weight excluding hydrogens is 346 g/mol. The summed E-state index contributed by atoms with van der Waals surface area (Å²) < 4.78 is 16.2. The standard InChI is InChI=1S/C21H19NO5/c1-25-18-8-14(10-21(23)24)9-19(12-18)27-17-5-3-4-15(11-17)16-6-7-20(26-2)22-13-16/h3-9,11-13H,10H2,1-2H3,(H,23,24). The number of methoxy groups -OCH3 is 2. The lowest BCUT2D eigenvalue weighted by molar-refractivity contribution is -0.136. The molecule has 0 aliphatic rings. The fourth-order valence-electron chi connectivity index (χ4n) is 2.63. The maximum absolute atomic E-state index is 11.0. The lowest BCUT2D eigenvalue weighted by atomic mass is 10.1. The summed E-state index contributed by atoms with van der Waals surface area (Å²) in [5, 5.41) is 9.01. The van der Waals surface area contributed by atoms with E-state index < -0.39 is 5.97 Å². The molecule has 2 aromatic carbocycles. The van der Waals surface area contributed by atoms with Crippen LogP contribution in [0.3, 0.4) is 0 Å². The Hall–Kier alpha value is -3.54. The lowest BCUT2D eigenvalue weighted by Gasteiger charge is -2.11. The monoisotopic (exact) mass is 365 g/mol. The Balaban J connectivity index is 1.86. The first-order valence-electron chi connectivity index (χ1n) is 8.25. The minimum absolute atomic E-state index is 0.106. The zero-order valence-corrected chi connectivity index (χ0v) is 15.0. The van der Waals surface area contributed by atoms with Crippen LogP contribution in [-0.4, -0.2) is 30.3 Å². The van der Waals surface area contributed by atoms with Gasteiger partial charge in [-0.15, -0.1) is 0 Å². The van der Waals surface area contributed by atoms with Gasteiger partial charge in [-0.3, -0.25) is 4.79 Å². The first-order chi connectivity index (χ1) is 13.1. The highest BCUT2D eigenvalue weighted by molar-refractivity contribution is 5.70. The molecule has 0 saturated carbocycles. The highest BCUT2D eigenvalue weighted by Gasteiger charge is 2.08. The van der Waals surface area contributed by atoms with Gasteiger partial charge in [-0.25, -0.2) is 4.98 Å². The van der Waals surface area contributed by atoms with Crippen molar-refractivity contribution in [3.8, 4) is 34.3 Å². The van der Waals surface area contributed by atoms with Crippen molar-refractivity contribution in [2.75, 3.05) is 14.2 Å². The zero-order chi connectivity index (χ0) is 19.2. The number of aliphatic carboxylic acids is 1. The van der Waals surface area contributed by atoms with E-state index in [1.807, 2.05) is 30.3 Å². The molecule has 6 nitrogen and oxygen atoms in total. The maximum Gasteiger partial charge on any atom is 0.307 e. The molecule has 1 N–H and O–H groups in total. The van der Waals surface area contributed by atoms with Crippen LogP contribution in [0.5, 0.6) is 23.1 Å². The van der Waals surface area contributed by atoms with Gasteiger partial charge in [0.05, 0.1) is 20.6 Å². The van der Waals surface area contributed by atoms with Crippen molar-refractivity contribution in [3.05, 3.63) is 66.4 Å². The van der Waals surface area contributed by atoms with Crippen molar-refractivity contribution in [2.24, 2.45) is 0 Å². The van der Waals surface area contributed by atoms with Crippen molar-refractivity contribution >= 4 is 5.97 Å². The molecule has 1 heterocycles. The van der Waals surface area contributed by atoms with E-state index in [1.54, 1.807) is 37.6 Å². The van der Waals surface area contributed by atoms with E-state index in [4.69, 9.17) is 19.3 Å². The Labute approximate surface area is 157 Å². The van der Waals surface area contributed by atoms with E-state index in [9.17, 15) is 4.79 Å². The van der Waals surface area contributed by atoms with Gasteiger partial charge in [-0.1, -0.05) is 12.1 Å². The Bertz CT molecular complexity index is 938. The first kappa shape index (κ1) is 18.3. The SMILES string of the molecule is COc1cc(CC(=O)O)cc(Oc2cccc(-c3ccc(OC)nc3)c2)c1. The van der Waals surface area contributed by atoms with Crippen LogP contribution in [0.2, 0.25) is 0 Å². The van der Waals surface area contributed by atoms with Gasteiger partial charge in [-0.2, -0.15) is 0 Å². The Morgan fingerprint density at radius 1 is 0.926 bits per heavy atom. The van der Waals surface area contributed by atoms with Crippen LogP contribution in [0.4, 0.5) is 0 Å². The van der Waals surface area contributed by atoms with Crippen molar-refractivity contribution in [1.29, 1.82) is 0 Å². The molecule has 0 aliphatic heterocycles. The van der Waals surface area contributed by atoms with Gasteiger partial charge in [0.25, 0.3) is 0 Å². The van der Waals surface area contributed by atoms with E-state index in [-0.39, 0.29) is 6.42 Å². The number of pyridine rings is 1. The van der Waals surface area contributed by atoms with Crippen molar-refractivity contribution in [3.63, 3.8) is 0 Å². The van der Waals surface area contributed by atoms with Gasteiger partial charge in [0, 0.05) is 23.9 Å². The molecule has 0 unspecified atom stereocenters. The summed E-state index contributed by atoms with van der Waals surface area (Å²) in [6.07, 6.45) is 1.62. The molecule has 3 rings (SSSR count). The summed E-state index contributed by atoms with van der Waals surface area (Å²) >= 11 is 0. The molecule has 0 atom stereocenters. The Morgan fingerprint density at radius 3 is 2.41 bits per heavy atom. The van der Waals surface area contributed by atoms with Crippen LogP contribution in [0.1, 0.15) is 5.56 Å². The zero-order valence-electron chi connectivity index (χ0n) is 15.0. The maximum atomic E-state index is 11.0. The van der Waals surface area contributed by atoms with Gasteiger partial charge >= 0.3 is 5.97 Å². The number of benzene rings is 2. The highest BCUT2D eigenvalue weighted by atomic mass is 16.5. The first-order valence-corrected chi connectivity index (χ1v) is 8.25. The molecule has 3 aromatic rings. The second-order valence-corrected chi connectivity index (χ2v) is 5.81. The predicted molar refractivity (Wildman–Crippen MR) is 101 cm³/mol. The molecule has 0 bridgehead atoms. The van der Waals surface area contributed by atoms with Crippen LogP contribution in [0, 0.1) is 0 Å². The number of carboxylic acids is 1. The number of ether oxygens (including phenoxy) is 3. The molecule has 0 saturated heterocycles. The summed E-state index contributed by atoms with van der Waals surface area (Å²) in [6.45, 7) is 0. The smallest absolute Gasteiger partial charge is 0.307 e. The van der Waals surface area contributed by atoms with Crippen LogP contribution in [-0.2, 0) is 11.2 Å². The summed E-state index contributed by atoms with van der Waals surface area (Å²) in [6, 6.07) is 16.4. The topological polar surface area (TPSA) is 77.9 Å². The minimum Gasteiger partial charge on any atom is -0.497 e. The summed E-state index contributed by atoms with van der Waals surface area (Å²) in [7, 11) is 3.10. The third kappa shape index (κ3) is 4.76.